The molecule has 0 saturated heterocycles. The van der Waals surface area contributed by atoms with Gasteiger partial charge in [0.05, 0.1) is 11.7 Å². The number of nitrogens with zero attached hydrogens (tertiary/aromatic N) is 1. The highest BCUT2D eigenvalue weighted by atomic mass is 16.3. The van der Waals surface area contributed by atoms with Crippen LogP contribution in [-0.4, -0.2) is 27.2 Å². The molecule has 3 fully saturated rings. The smallest absolute Gasteiger partial charge is 0.181 e. The number of fused-ring (bicyclic) bond motifs is 5. The molecule has 0 aromatic heterocycles. The van der Waals surface area contributed by atoms with Crippen molar-refractivity contribution in [1.29, 1.82) is 5.26 Å². The Kier molecular flexibility index (Phi) is 3.29. The first-order valence-electron chi connectivity index (χ1n) is 9.40. The predicted molar refractivity (Wildman–Crippen MR) is 93.3 cm³/mol. The quantitative estimate of drug-likeness (QED) is 0.524. The first kappa shape index (κ1) is 17.0. The third-order valence-corrected chi connectivity index (χ3v) is 8.50. The van der Waals surface area contributed by atoms with Crippen LogP contribution in [0.25, 0.3) is 0 Å². The second kappa shape index (κ2) is 4.84. The van der Waals surface area contributed by atoms with Gasteiger partial charge in [0.1, 0.15) is 0 Å². The molecule has 4 aliphatic carbocycles. The van der Waals surface area contributed by atoms with Gasteiger partial charge >= 0.3 is 0 Å². The summed E-state index contributed by atoms with van der Waals surface area (Å²) in [5.74, 6) is 0.187. The monoisotopic (exact) mass is 341 g/mol. The molecule has 4 rings (SSSR count). The van der Waals surface area contributed by atoms with E-state index in [4.69, 9.17) is 0 Å². The highest BCUT2D eigenvalue weighted by molar-refractivity contribution is 6.05. The molecule has 0 heterocycles. The third-order valence-electron chi connectivity index (χ3n) is 8.50. The fourth-order valence-corrected chi connectivity index (χ4v) is 6.73. The maximum Gasteiger partial charge on any atom is 0.181 e. The van der Waals surface area contributed by atoms with E-state index in [2.05, 4.69) is 19.6 Å². The van der Waals surface area contributed by atoms with Crippen molar-refractivity contribution in [3.63, 3.8) is 0 Å². The Morgan fingerprint density at radius 1 is 1.20 bits per heavy atom. The van der Waals surface area contributed by atoms with Crippen LogP contribution < -0.4 is 0 Å². The summed E-state index contributed by atoms with van der Waals surface area (Å²) >= 11 is 0. The van der Waals surface area contributed by atoms with E-state index in [1.54, 1.807) is 6.08 Å². The van der Waals surface area contributed by atoms with Crippen molar-refractivity contribution in [3.8, 4) is 6.07 Å². The zero-order valence-corrected chi connectivity index (χ0v) is 15.1. The summed E-state index contributed by atoms with van der Waals surface area (Å²) in [5, 5.41) is 32.4. The van der Waals surface area contributed by atoms with E-state index in [0.29, 0.717) is 31.3 Å². The van der Waals surface area contributed by atoms with Crippen molar-refractivity contribution in [2.45, 2.75) is 70.0 Å². The van der Waals surface area contributed by atoms with Crippen LogP contribution in [0.1, 0.15) is 58.8 Å². The summed E-state index contributed by atoms with van der Waals surface area (Å²) in [6.07, 6.45) is 6.30. The number of aliphatic hydroxyl groups is 2. The first-order valence-corrected chi connectivity index (χ1v) is 9.40. The number of rotatable bonds is 0. The van der Waals surface area contributed by atoms with Gasteiger partial charge in [-0.25, -0.2) is 0 Å². The van der Waals surface area contributed by atoms with Gasteiger partial charge in [-0.3, -0.25) is 4.79 Å². The third kappa shape index (κ3) is 1.81. The molecule has 0 aromatic carbocycles. The molecule has 6 atom stereocenters. The van der Waals surface area contributed by atoms with Gasteiger partial charge in [-0.15, -0.1) is 0 Å². The zero-order chi connectivity index (χ0) is 18.3. The van der Waals surface area contributed by atoms with Gasteiger partial charge in [-0.05, 0) is 68.4 Å². The van der Waals surface area contributed by atoms with Crippen LogP contribution in [-0.2, 0) is 4.79 Å². The van der Waals surface area contributed by atoms with Crippen molar-refractivity contribution in [2.24, 2.45) is 22.7 Å². The molecular formula is C21H27NO3. The van der Waals surface area contributed by atoms with Crippen molar-refractivity contribution < 1.29 is 15.0 Å². The lowest BCUT2D eigenvalue weighted by atomic mass is 9.44. The average Bonchev–Trinajstić information content (AvgIpc) is 2.83. The molecule has 25 heavy (non-hydrogen) atoms. The van der Waals surface area contributed by atoms with Crippen molar-refractivity contribution in [1.82, 2.24) is 0 Å². The Hall–Kier alpha value is -1.44. The lowest BCUT2D eigenvalue weighted by Crippen LogP contribution is -2.64. The molecule has 0 unspecified atom stereocenters. The fourth-order valence-electron chi connectivity index (χ4n) is 6.73. The SMILES string of the molecule is C=C1C[C@@]2(C)C(=CC1=O)CC[C@H]1[C@@H]3CC[C@@](O)(C#N)[C@@]3(C)CC[C@@]12O. The maximum atomic E-state index is 12.1. The number of carbonyl (C=O) groups excluding carboxylic acids is 1. The van der Waals surface area contributed by atoms with Gasteiger partial charge < -0.3 is 10.2 Å². The van der Waals surface area contributed by atoms with Crippen molar-refractivity contribution in [2.75, 3.05) is 0 Å². The number of allylic oxidation sites excluding steroid dienone is 1. The highest BCUT2D eigenvalue weighted by Crippen LogP contribution is 2.69. The molecule has 0 bridgehead atoms. The number of hydrogen-bond acceptors (Lipinski definition) is 4. The van der Waals surface area contributed by atoms with Gasteiger partial charge in [0.25, 0.3) is 0 Å². The molecule has 134 valence electrons. The molecule has 4 aliphatic rings. The molecule has 0 radical (unpaired) electrons. The van der Waals surface area contributed by atoms with Crippen LogP contribution in [0.3, 0.4) is 0 Å². The summed E-state index contributed by atoms with van der Waals surface area (Å²) < 4.78 is 0. The number of hydrogen-bond donors (Lipinski definition) is 2. The Balaban J connectivity index is 1.79. The Morgan fingerprint density at radius 3 is 2.60 bits per heavy atom. The lowest BCUT2D eigenvalue weighted by Gasteiger charge is -2.63. The van der Waals surface area contributed by atoms with Gasteiger partial charge in [-0.2, -0.15) is 5.26 Å². The molecule has 4 nitrogen and oxygen atoms in total. The number of nitriles is 1. The molecule has 0 spiro atoms. The normalized spacial score (nSPS) is 51.9. The van der Waals surface area contributed by atoms with E-state index in [1.165, 1.54) is 0 Å². The first-order chi connectivity index (χ1) is 11.6. The van der Waals surface area contributed by atoms with Crippen molar-refractivity contribution in [3.05, 3.63) is 23.8 Å². The van der Waals surface area contributed by atoms with Crippen LogP contribution in [0.2, 0.25) is 0 Å². The van der Waals surface area contributed by atoms with E-state index in [9.17, 15) is 20.3 Å². The van der Waals surface area contributed by atoms with Gasteiger partial charge in [0, 0.05) is 10.8 Å². The van der Waals surface area contributed by atoms with Gasteiger partial charge in [0.2, 0.25) is 0 Å². The van der Waals surface area contributed by atoms with E-state index in [-0.39, 0.29) is 17.6 Å². The van der Waals surface area contributed by atoms with Crippen molar-refractivity contribution >= 4 is 5.78 Å². The summed E-state index contributed by atoms with van der Waals surface area (Å²) in [6, 6.07) is 2.17. The van der Waals surface area contributed by atoms with Crippen LogP contribution in [0.4, 0.5) is 0 Å². The van der Waals surface area contributed by atoms with E-state index < -0.39 is 22.0 Å². The number of ketones is 1. The summed E-state index contributed by atoms with van der Waals surface area (Å²) in [5.41, 5.74) is -1.48. The minimum Gasteiger partial charge on any atom is -0.389 e. The highest BCUT2D eigenvalue weighted by Gasteiger charge is 2.69. The second-order valence-electron chi connectivity index (χ2n) is 9.25. The molecule has 2 N–H and O–H groups in total. The standard InChI is InChI=1S/C21H27NO3/c1-13-11-19(3)14(10-17(13)23)4-5-16-15-6-7-20(24,12-22)18(15,2)8-9-21(16,19)25/h10,15-16,24-25H,1,4-9,11H2,2-3H3/t15-,16-,18-,19-,20+,21+/m0/s1. The minimum absolute atomic E-state index is 0.00473. The van der Waals surface area contributed by atoms with E-state index in [1.807, 2.05) is 6.92 Å². The minimum atomic E-state index is -1.29. The largest absolute Gasteiger partial charge is 0.389 e. The zero-order valence-electron chi connectivity index (χ0n) is 15.1. The van der Waals surface area contributed by atoms with Crippen LogP contribution in [0, 0.1) is 34.0 Å². The van der Waals surface area contributed by atoms with Gasteiger partial charge in [-0.1, -0.05) is 26.0 Å². The second-order valence-corrected chi connectivity index (χ2v) is 9.25. The molecule has 0 aromatic rings. The molecule has 0 amide bonds. The van der Waals surface area contributed by atoms with Crippen LogP contribution in [0.15, 0.2) is 23.8 Å². The molecular weight excluding hydrogens is 314 g/mol. The molecule has 0 aliphatic heterocycles. The maximum absolute atomic E-state index is 12.1. The predicted octanol–water partition coefficient (Wildman–Crippen LogP) is 3.05. The summed E-state index contributed by atoms with van der Waals surface area (Å²) in [7, 11) is 0. The fraction of sp³-hybridized carbons (Fsp3) is 0.714. The number of carbonyl (C=O) groups is 1. The van der Waals surface area contributed by atoms with Crippen LogP contribution in [0.5, 0.6) is 0 Å². The molecule has 3 saturated carbocycles. The van der Waals surface area contributed by atoms with Gasteiger partial charge in [0.15, 0.2) is 11.4 Å². The lowest BCUT2D eigenvalue weighted by molar-refractivity contribution is -0.200. The molecule has 4 heteroatoms. The average molecular weight is 341 g/mol. The Bertz CT molecular complexity index is 749. The van der Waals surface area contributed by atoms with E-state index >= 15 is 0 Å². The summed E-state index contributed by atoms with van der Waals surface area (Å²) in [4.78, 5) is 12.1. The van der Waals surface area contributed by atoms with E-state index in [0.717, 1.165) is 24.8 Å². The van der Waals surface area contributed by atoms with Crippen LogP contribution >= 0.6 is 0 Å². The summed E-state index contributed by atoms with van der Waals surface area (Å²) in [6.45, 7) is 8.04. The Labute approximate surface area is 149 Å². The topological polar surface area (TPSA) is 81.3 Å². The Morgan fingerprint density at radius 2 is 1.92 bits per heavy atom.